The van der Waals surface area contributed by atoms with Gasteiger partial charge in [-0.05, 0) is 72.8 Å². The number of nitrogens with one attached hydrogen (secondary N) is 2. The standard InChI is InChI=1S/C23H20BrN3O3S/c24-16-7-5-15(6-8-16)23(30)27-13-1-3-19(27)21(28)25-17-9-11-18(12-10-17)26-22(29)20-4-2-14-31-20/h2,4-12,14,19H,1,3,13H2,(H,25,28)(H,26,29). The van der Waals surface area contributed by atoms with Crippen molar-refractivity contribution in [2.45, 2.75) is 18.9 Å². The topological polar surface area (TPSA) is 78.5 Å². The molecule has 1 unspecified atom stereocenters. The monoisotopic (exact) mass is 497 g/mol. The highest BCUT2D eigenvalue weighted by Crippen LogP contribution is 2.23. The fourth-order valence-electron chi connectivity index (χ4n) is 3.50. The van der Waals surface area contributed by atoms with E-state index in [9.17, 15) is 14.4 Å². The Kier molecular flexibility index (Phi) is 6.48. The molecule has 1 aliphatic rings. The van der Waals surface area contributed by atoms with E-state index < -0.39 is 6.04 Å². The van der Waals surface area contributed by atoms with Crippen LogP contribution in [0, 0.1) is 0 Å². The zero-order chi connectivity index (χ0) is 21.8. The molecule has 0 spiro atoms. The van der Waals surface area contributed by atoms with E-state index in [2.05, 4.69) is 26.6 Å². The van der Waals surface area contributed by atoms with Gasteiger partial charge in [0.1, 0.15) is 6.04 Å². The Balaban J connectivity index is 1.38. The van der Waals surface area contributed by atoms with Crippen LogP contribution in [0.5, 0.6) is 0 Å². The highest BCUT2D eigenvalue weighted by atomic mass is 79.9. The van der Waals surface area contributed by atoms with E-state index in [-0.39, 0.29) is 17.7 Å². The Hall–Kier alpha value is -2.97. The van der Waals surface area contributed by atoms with Crippen LogP contribution in [-0.4, -0.2) is 35.2 Å². The van der Waals surface area contributed by atoms with Gasteiger partial charge in [0.15, 0.2) is 0 Å². The molecule has 1 saturated heterocycles. The van der Waals surface area contributed by atoms with Crippen molar-refractivity contribution in [3.05, 3.63) is 81.0 Å². The van der Waals surface area contributed by atoms with Gasteiger partial charge in [-0.15, -0.1) is 11.3 Å². The molecule has 0 saturated carbocycles. The van der Waals surface area contributed by atoms with Gasteiger partial charge in [-0.25, -0.2) is 0 Å². The maximum Gasteiger partial charge on any atom is 0.265 e. The molecule has 8 heteroatoms. The second-order valence-electron chi connectivity index (χ2n) is 7.16. The van der Waals surface area contributed by atoms with E-state index in [1.54, 1.807) is 47.4 Å². The first-order valence-electron chi connectivity index (χ1n) is 9.83. The Bertz CT molecular complexity index is 1080. The van der Waals surface area contributed by atoms with Crippen molar-refractivity contribution in [3.8, 4) is 0 Å². The quantitative estimate of drug-likeness (QED) is 0.520. The highest BCUT2D eigenvalue weighted by molar-refractivity contribution is 9.10. The number of amides is 3. The minimum atomic E-state index is -0.505. The molecular formula is C23H20BrN3O3S. The number of halogens is 1. The second-order valence-corrected chi connectivity index (χ2v) is 9.02. The molecule has 158 valence electrons. The molecule has 31 heavy (non-hydrogen) atoms. The van der Waals surface area contributed by atoms with Gasteiger partial charge in [-0.2, -0.15) is 0 Å². The van der Waals surface area contributed by atoms with Crippen LogP contribution in [0.2, 0.25) is 0 Å². The van der Waals surface area contributed by atoms with Crippen molar-refractivity contribution in [2.75, 3.05) is 17.2 Å². The number of rotatable bonds is 5. The lowest BCUT2D eigenvalue weighted by molar-refractivity contribution is -0.119. The van der Waals surface area contributed by atoms with Crippen LogP contribution in [-0.2, 0) is 4.79 Å². The Morgan fingerprint density at radius 1 is 0.935 bits per heavy atom. The van der Waals surface area contributed by atoms with Crippen molar-refractivity contribution in [1.29, 1.82) is 0 Å². The molecule has 1 aliphatic heterocycles. The second kappa shape index (κ2) is 9.45. The molecule has 4 rings (SSSR count). The van der Waals surface area contributed by atoms with Gasteiger partial charge in [0.05, 0.1) is 4.88 Å². The molecule has 1 fully saturated rings. The molecule has 0 bridgehead atoms. The van der Waals surface area contributed by atoms with Crippen LogP contribution < -0.4 is 10.6 Å². The zero-order valence-corrected chi connectivity index (χ0v) is 18.9. The van der Waals surface area contributed by atoms with E-state index >= 15 is 0 Å². The minimum Gasteiger partial charge on any atom is -0.327 e. The van der Waals surface area contributed by atoms with E-state index in [1.807, 2.05) is 23.6 Å². The summed E-state index contributed by atoms with van der Waals surface area (Å²) in [5.41, 5.74) is 1.82. The molecule has 1 atom stereocenters. The molecule has 6 nitrogen and oxygen atoms in total. The predicted octanol–water partition coefficient (Wildman–Crippen LogP) is 5.01. The third-order valence-corrected chi connectivity index (χ3v) is 6.46. The van der Waals surface area contributed by atoms with Gasteiger partial charge in [-0.3, -0.25) is 14.4 Å². The van der Waals surface area contributed by atoms with Crippen molar-refractivity contribution in [2.24, 2.45) is 0 Å². The largest absolute Gasteiger partial charge is 0.327 e. The highest BCUT2D eigenvalue weighted by Gasteiger charge is 2.34. The lowest BCUT2D eigenvalue weighted by atomic mass is 10.1. The molecular weight excluding hydrogens is 478 g/mol. The Morgan fingerprint density at radius 3 is 2.26 bits per heavy atom. The summed E-state index contributed by atoms with van der Waals surface area (Å²) in [4.78, 5) is 40.1. The van der Waals surface area contributed by atoms with Crippen molar-refractivity contribution < 1.29 is 14.4 Å². The number of thiophene rings is 1. The third-order valence-electron chi connectivity index (χ3n) is 5.06. The first kappa shape index (κ1) is 21.3. The number of benzene rings is 2. The van der Waals surface area contributed by atoms with E-state index in [1.165, 1.54) is 11.3 Å². The molecule has 3 aromatic rings. The zero-order valence-electron chi connectivity index (χ0n) is 16.5. The van der Waals surface area contributed by atoms with Crippen molar-refractivity contribution in [3.63, 3.8) is 0 Å². The van der Waals surface area contributed by atoms with Gasteiger partial charge in [0.25, 0.3) is 11.8 Å². The number of carbonyl (C=O) groups excluding carboxylic acids is 3. The fraction of sp³-hybridized carbons (Fsp3) is 0.174. The van der Waals surface area contributed by atoms with Gasteiger partial charge in [-0.1, -0.05) is 22.0 Å². The Morgan fingerprint density at radius 2 is 1.61 bits per heavy atom. The number of nitrogens with zero attached hydrogens (tertiary/aromatic N) is 1. The summed E-state index contributed by atoms with van der Waals surface area (Å²) < 4.78 is 0.898. The first-order chi connectivity index (χ1) is 15.0. The van der Waals surface area contributed by atoms with Crippen LogP contribution in [0.15, 0.2) is 70.5 Å². The number of carbonyl (C=O) groups is 3. The van der Waals surface area contributed by atoms with Crippen molar-refractivity contribution >= 4 is 56.4 Å². The molecule has 2 aromatic carbocycles. The normalized spacial score (nSPS) is 15.5. The molecule has 0 aliphatic carbocycles. The molecule has 2 N–H and O–H groups in total. The van der Waals surface area contributed by atoms with Crippen LogP contribution in [0.1, 0.15) is 32.9 Å². The molecule has 1 aromatic heterocycles. The maximum atomic E-state index is 12.9. The average Bonchev–Trinajstić information content (AvgIpc) is 3.47. The van der Waals surface area contributed by atoms with Gasteiger partial charge in [0, 0.05) is 28.0 Å². The van der Waals surface area contributed by atoms with Gasteiger partial charge >= 0.3 is 0 Å². The summed E-state index contributed by atoms with van der Waals surface area (Å²) in [5.74, 6) is -0.519. The number of anilines is 2. The van der Waals surface area contributed by atoms with E-state index in [0.717, 1.165) is 10.9 Å². The lowest BCUT2D eigenvalue weighted by Crippen LogP contribution is -2.43. The lowest BCUT2D eigenvalue weighted by Gasteiger charge is -2.24. The van der Waals surface area contributed by atoms with E-state index in [0.29, 0.717) is 34.8 Å². The molecule has 2 heterocycles. The fourth-order valence-corrected chi connectivity index (χ4v) is 4.39. The van der Waals surface area contributed by atoms with Crippen LogP contribution in [0.4, 0.5) is 11.4 Å². The number of likely N-dealkylation sites (tertiary alicyclic amines) is 1. The smallest absolute Gasteiger partial charge is 0.265 e. The van der Waals surface area contributed by atoms with Gasteiger partial charge in [0.2, 0.25) is 5.91 Å². The SMILES string of the molecule is O=C(Nc1ccc(NC(=O)C2CCCN2C(=O)c2ccc(Br)cc2)cc1)c1cccs1. The summed E-state index contributed by atoms with van der Waals surface area (Å²) in [7, 11) is 0. The predicted molar refractivity (Wildman–Crippen MR) is 126 cm³/mol. The third kappa shape index (κ3) is 5.03. The van der Waals surface area contributed by atoms with E-state index in [4.69, 9.17) is 0 Å². The molecule has 0 radical (unpaired) electrons. The number of hydrogen-bond donors (Lipinski definition) is 2. The first-order valence-corrected chi connectivity index (χ1v) is 11.5. The Labute approximate surface area is 192 Å². The van der Waals surface area contributed by atoms with Crippen LogP contribution in [0.25, 0.3) is 0 Å². The average molecular weight is 498 g/mol. The van der Waals surface area contributed by atoms with Crippen LogP contribution >= 0.6 is 27.3 Å². The summed E-state index contributed by atoms with van der Waals surface area (Å²) in [6.07, 6.45) is 1.41. The summed E-state index contributed by atoms with van der Waals surface area (Å²) in [6.45, 7) is 0.556. The number of hydrogen-bond acceptors (Lipinski definition) is 4. The van der Waals surface area contributed by atoms with Crippen molar-refractivity contribution in [1.82, 2.24) is 4.90 Å². The maximum absolute atomic E-state index is 12.9. The summed E-state index contributed by atoms with van der Waals surface area (Å²) >= 11 is 4.74. The summed E-state index contributed by atoms with van der Waals surface area (Å²) in [6, 6.07) is 17.2. The summed E-state index contributed by atoms with van der Waals surface area (Å²) in [5, 5.41) is 7.56. The van der Waals surface area contributed by atoms with Gasteiger partial charge < -0.3 is 15.5 Å². The minimum absolute atomic E-state index is 0.142. The molecule has 3 amide bonds. The van der Waals surface area contributed by atoms with Crippen LogP contribution in [0.3, 0.4) is 0 Å².